The van der Waals surface area contributed by atoms with Crippen LogP contribution in [-0.4, -0.2) is 178 Å². The summed E-state index contributed by atoms with van der Waals surface area (Å²) < 4.78 is 121. The third-order valence-corrected chi connectivity index (χ3v) is 23.8. The maximum absolute atomic E-state index is 13.3. The molecular weight excluding hydrogens is 1440 g/mol. The van der Waals surface area contributed by atoms with Gasteiger partial charge in [-0.2, -0.15) is 8.61 Å². The molecule has 22 nitrogen and oxygen atoms in total. The van der Waals surface area contributed by atoms with Crippen molar-refractivity contribution in [3.8, 4) is 0 Å². The number of hydrogen-bond donors (Lipinski definition) is 8. The third-order valence-electron chi connectivity index (χ3n) is 14.9. The Kier molecular flexibility index (Phi) is 32.5. The lowest BCUT2D eigenvalue weighted by atomic mass is 10.2. The smallest absolute Gasteiger partial charge is 0.255 e. The number of nitrogens with one attached hydrogen (secondary N) is 4. The Morgan fingerprint density at radius 1 is 0.412 bits per heavy atom. The molecule has 0 radical (unpaired) electrons. The molecule has 0 heterocycles. The summed E-state index contributed by atoms with van der Waals surface area (Å²) in [6, 6.07) is 43.2. The van der Waals surface area contributed by atoms with Gasteiger partial charge in [-0.25, -0.2) is 47.0 Å². The second-order valence-corrected chi connectivity index (χ2v) is 31.7. The summed E-state index contributed by atoms with van der Waals surface area (Å²) in [4.78, 5) is 50.4. The summed E-state index contributed by atoms with van der Waals surface area (Å²) in [6.07, 6.45) is 0.498. The molecule has 8 aromatic rings. The molecule has 0 saturated carbocycles. The van der Waals surface area contributed by atoms with Crippen LogP contribution in [0.2, 0.25) is 10.0 Å². The van der Waals surface area contributed by atoms with Gasteiger partial charge in [0.1, 0.15) is 17.5 Å². The zero-order chi connectivity index (χ0) is 75.7. The van der Waals surface area contributed by atoms with Gasteiger partial charge in [0.2, 0.25) is 20.0 Å². The fourth-order valence-corrected chi connectivity index (χ4v) is 15.2. The van der Waals surface area contributed by atoms with Crippen molar-refractivity contribution in [1.82, 2.24) is 17.2 Å². The maximum Gasteiger partial charge on any atom is 0.255 e. The Morgan fingerprint density at radius 3 is 1.07 bits per heavy atom. The maximum atomic E-state index is 13.3. The first kappa shape index (κ1) is 84.3. The standard InChI is InChI=1S/C18H21ClN2O3S.C18H21FN2O4S.C18H21FN2O3S.C17H18ClFN2O4S/c1-21(10-5-11-22)25(2,24)17-9-3-6-14(12-17)18(23)20-16-8-4-7-15(19)13-16;1-3-21(9-10-22)26(24,25)16-6-4-5-14(12-16)18(23)20-15-7-8-17(19)13(2)11-15;1-13-11-15(7-8-17(13)19)20-18(23)14-5-4-6-16(12-14)25(3,24)21(2)9-10-22;1-2-21(8-9-22)26(24,25)14-5-3-4-12(10-14)17(23)20-13-6-7-16(19)15(18)11-13/h3-4,6-9,12-13,22H,2,5,10-11H2,1H3,(H,20,23);4-8,11-12,22H,3,9-10H2,1-2H3,(H,20,23);4-8,11-12,22H,3,9-10H2,1-2H3,(H,20,23);3-7,10-11,22H,2,8-9H2,1H3,(H,20,23). The Hall–Kier alpha value is -8.37. The van der Waals surface area contributed by atoms with Gasteiger partial charge in [0, 0.05) is 106 Å². The molecule has 0 spiro atoms. The lowest BCUT2D eigenvalue weighted by molar-refractivity contribution is 0.101. The van der Waals surface area contributed by atoms with Gasteiger partial charge in [0.25, 0.3) is 23.6 Å². The number of carbonyl (C=O) groups excluding carboxylic acids is 4. The van der Waals surface area contributed by atoms with Crippen LogP contribution in [0.15, 0.2) is 196 Å². The number of carbonyl (C=O) groups is 4. The molecule has 0 aliphatic heterocycles. The quantitative estimate of drug-likeness (QED) is 0.0222. The summed E-state index contributed by atoms with van der Waals surface area (Å²) in [7, 11) is -9.89. The van der Waals surface area contributed by atoms with E-state index in [1.54, 1.807) is 113 Å². The summed E-state index contributed by atoms with van der Waals surface area (Å²) in [6.45, 7) is 6.76. The van der Waals surface area contributed by atoms with Gasteiger partial charge in [0.05, 0.1) is 54.0 Å². The van der Waals surface area contributed by atoms with E-state index < -0.39 is 63.0 Å². The average molecular weight is 1530 g/mol. The highest BCUT2D eigenvalue weighted by Gasteiger charge is 2.26. The van der Waals surface area contributed by atoms with E-state index in [2.05, 4.69) is 33.0 Å². The molecule has 2 unspecified atom stereocenters. The molecule has 0 aliphatic rings. The summed E-state index contributed by atoms with van der Waals surface area (Å²) in [5.41, 5.74) is 3.54. The topological polar surface area (TPSA) is 313 Å². The number of hydrogen-bond acceptors (Lipinski definition) is 14. The van der Waals surface area contributed by atoms with Crippen molar-refractivity contribution in [3.63, 3.8) is 0 Å². The molecule has 0 aromatic heterocycles. The van der Waals surface area contributed by atoms with Crippen molar-refractivity contribution in [2.24, 2.45) is 0 Å². The molecule has 4 amide bonds. The van der Waals surface area contributed by atoms with E-state index in [1.165, 1.54) is 107 Å². The number of aryl methyl sites for hydroxylation is 2. The van der Waals surface area contributed by atoms with Crippen LogP contribution in [0.3, 0.4) is 0 Å². The number of aliphatic hydroxyl groups excluding tert-OH is 4. The van der Waals surface area contributed by atoms with E-state index in [9.17, 15) is 57.6 Å². The Morgan fingerprint density at radius 2 is 0.735 bits per heavy atom. The first-order valence-electron chi connectivity index (χ1n) is 31.2. The molecule has 102 heavy (non-hydrogen) atoms. The molecule has 2 atom stereocenters. The molecule has 8 rings (SSSR count). The Bertz CT molecular complexity index is 4570. The fraction of sp³-hybridized carbons (Fsp3) is 0.239. The van der Waals surface area contributed by atoms with E-state index >= 15 is 0 Å². The zero-order valence-corrected chi connectivity index (χ0v) is 61.4. The lowest BCUT2D eigenvalue weighted by Crippen LogP contribution is -2.33. The Balaban J connectivity index is 0.000000245. The van der Waals surface area contributed by atoms with E-state index in [4.69, 9.17) is 43.6 Å². The van der Waals surface area contributed by atoms with Crippen molar-refractivity contribution in [1.29, 1.82) is 0 Å². The van der Waals surface area contributed by atoms with Crippen molar-refractivity contribution in [2.45, 2.75) is 53.7 Å². The highest BCUT2D eigenvalue weighted by Crippen LogP contribution is 2.26. The molecule has 548 valence electrons. The number of nitrogens with zero attached hydrogens (tertiary/aromatic N) is 4. The average Bonchev–Trinajstić information content (AvgIpc) is 0.821. The van der Waals surface area contributed by atoms with Crippen LogP contribution in [0.5, 0.6) is 0 Å². The van der Waals surface area contributed by atoms with Gasteiger partial charge < -0.3 is 41.7 Å². The number of amides is 4. The number of anilines is 4. The van der Waals surface area contributed by atoms with Crippen molar-refractivity contribution < 1.29 is 78.0 Å². The first-order valence-corrected chi connectivity index (χ1v) is 38.2. The van der Waals surface area contributed by atoms with Crippen molar-refractivity contribution in [2.75, 3.05) is 101 Å². The normalized spacial score (nSPS) is 12.5. The van der Waals surface area contributed by atoms with Gasteiger partial charge in [-0.15, -0.1) is 0 Å². The molecule has 8 aromatic carbocycles. The van der Waals surface area contributed by atoms with Gasteiger partial charge in [0.15, 0.2) is 0 Å². The zero-order valence-electron chi connectivity index (χ0n) is 56.6. The van der Waals surface area contributed by atoms with Gasteiger partial charge in [-0.05, 0) is 203 Å². The third kappa shape index (κ3) is 23.9. The molecule has 0 saturated heterocycles. The predicted molar refractivity (Wildman–Crippen MR) is 397 cm³/mol. The summed E-state index contributed by atoms with van der Waals surface area (Å²) >= 11 is 11.6. The fourth-order valence-electron chi connectivity index (χ4n) is 9.17. The highest BCUT2D eigenvalue weighted by molar-refractivity contribution is 7.98. The van der Waals surface area contributed by atoms with Crippen molar-refractivity contribution >= 4 is 121 Å². The van der Waals surface area contributed by atoms with Crippen molar-refractivity contribution in [3.05, 3.63) is 237 Å². The van der Waals surface area contributed by atoms with Gasteiger partial charge in [-0.1, -0.05) is 67.4 Å². The van der Waals surface area contributed by atoms with Crippen LogP contribution in [0.1, 0.15) is 72.8 Å². The van der Waals surface area contributed by atoms with E-state index in [-0.39, 0.29) is 108 Å². The minimum Gasteiger partial charge on any atom is -0.396 e. The van der Waals surface area contributed by atoms with E-state index in [1.807, 2.05) is 0 Å². The number of sulfonamides is 2. The van der Waals surface area contributed by atoms with Crippen LogP contribution in [0.4, 0.5) is 35.9 Å². The van der Waals surface area contributed by atoms with Crippen LogP contribution >= 0.6 is 23.2 Å². The predicted octanol–water partition coefficient (Wildman–Crippen LogP) is 10.3. The summed E-state index contributed by atoms with van der Waals surface area (Å²) in [5, 5.41) is 47.0. The monoisotopic (exact) mass is 1520 g/mol. The second kappa shape index (κ2) is 39.3. The van der Waals surface area contributed by atoms with Gasteiger partial charge in [-0.3, -0.25) is 19.2 Å². The number of likely N-dealkylation sites (N-methyl/N-ethyl adjacent to an activating group) is 3. The van der Waals surface area contributed by atoms with Crippen LogP contribution < -0.4 is 21.3 Å². The van der Waals surface area contributed by atoms with E-state index in [0.717, 1.165) is 14.7 Å². The van der Waals surface area contributed by atoms with Gasteiger partial charge >= 0.3 is 0 Å². The number of rotatable bonds is 27. The lowest BCUT2D eigenvalue weighted by Gasteiger charge is -2.22. The Labute approximate surface area is 603 Å². The molecular formula is C71H81Cl2F3N8O14S4. The van der Waals surface area contributed by atoms with Crippen LogP contribution in [0, 0.1) is 31.3 Å². The first-order chi connectivity index (χ1) is 48.2. The molecule has 31 heteroatoms. The highest BCUT2D eigenvalue weighted by atomic mass is 35.5. The molecule has 0 fully saturated rings. The molecule has 8 N–H and O–H groups in total. The number of benzene rings is 8. The summed E-state index contributed by atoms with van der Waals surface area (Å²) in [5.74, 6) is 4.44. The van der Waals surface area contributed by atoms with Crippen LogP contribution in [0.25, 0.3) is 0 Å². The number of halogens is 5. The minimum atomic E-state index is -3.83. The largest absolute Gasteiger partial charge is 0.396 e. The molecule has 0 bridgehead atoms. The number of aliphatic hydroxyl groups is 4. The van der Waals surface area contributed by atoms with Crippen LogP contribution in [-0.2, 0) is 39.5 Å². The molecule has 0 aliphatic carbocycles. The SMILES string of the molecule is C=S(=O)(c1cccc(C(=O)Nc2ccc(F)c(C)c2)c1)N(C)CCO.C=S(=O)(c1cccc(C(=O)Nc2cccc(Cl)c2)c1)N(C)CCCO.CCN(CCO)S(=O)(=O)c1cccc(C(=O)Nc2ccc(F)c(C)c2)c1.CCN(CCO)S(=O)(=O)c1cccc(C(=O)Nc2ccc(F)c(Cl)c2)c1. The minimum absolute atomic E-state index is 0.0158. The van der Waals surface area contributed by atoms with E-state index in [0.29, 0.717) is 67.1 Å². The second-order valence-electron chi connectivity index (χ2n) is 22.2.